The number of hydrogen-bond donors (Lipinski definition) is 2. The number of rotatable bonds is 4. The molecule has 0 aliphatic rings. The third-order valence-corrected chi connectivity index (χ3v) is 2.38. The number of amides is 1. The van der Waals surface area contributed by atoms with Crippen molar-refractivity contribution in [3.8, 4) is 0 Å². The van der Waals surface area contributed by atoms with E-state index in [9.17, 15) is 18.0 Å². The molecular formula is C11H11F3N4O. The fourth-order valence-electron chi connectivity index (χ4n) is 1.60. The molecule has 0 saturated carbocycles. The summed E-state index contributed by atoms with van der Waals surface area (Å²) in [6.07, 6.45) is -0.0357. The smallest absolute Gasteiger partial charge is 0.347 e. The Morgan fingerprint density at radius 1 is 1.47 bits per heavy atom. The second-order valence-electron chi connectivity index (χ2n) is 3.86. The second kappa shape index (κ2) is 5.17. The first kappa shape index (κ1) is 13.2. The van der Waals surface area contributed by atoms with E-state index >= 15 is 0 Å². The number of carbonyl (C=O) groups is 1. The molecule has 0 bridgehead atoms. The molecule has 2 aromatic heterocycles. The number of nitrogens with zero attached hydrogens (tertiary/aromatic N) is 2. The molecule has 1 amide bonds. The lowest BCUT2D eigenvalue weighted by molar-refractivity contribution is -0.140. The summed E-state index contributed by atoms with van der Waals surface area (Å²) in [5.74, 6) is -0.0482. The van der Waals surface area contributed by atoms with Crippen LogP contribution in [-0.4, -0.2) is 26.6 Å². The maximum absolute atomic E-state index is 12.3. The van der Waals surface area contributed by atoms with Crippen molar-refractivity contribution in [1.29, 1.82) is 0 Å². The van der Waals surface area contributed by atoms with Crippen LogP contribution in [-0.2, 0) is 13.1 Å². The Bertz CT molecular complexity index is 545. The fourth-order valence-corrected chi connectivity index (χ4v) is 1.60. The number of hydrogen-bond acceptors (Lipinski definition) is 2. The summed E-state index contributed by atoms with van der Waals surface area (Å²) in [4.78, 5) is 18.4. The first-order valence-corrected chi connectivity index (χ1v) is 5.44. The van der Waals surface area contributed by atoms with Crippen molar-refractivity contribution >= 4 is 5.91 Å². The van der Waals surface area contributed by atoms with Gasteiger partial charge in [-0.05, 0) is 12.1 Å². The quantitative estimate of drug-likeness (QED) is 0.890. The summed E-state index contributed by atoms with van der Waals surface area (Å²) in [5.41, 5.74) is -0.0381. The van der Waals surface area contributed by atoms with Crippen LogP contribution < -0.4 is 5.32 Å². The van der Waals surface area contributed by atoms with Crippen LogP contribution in [0.5, 0.6) is 0 Å². The monoisotopic (exact) mass is 272 g/mol. The van der Waals surface area contributed by atoms with Gasteiger partial charge in [-0.2, -0.15) is 13.2 Å². The second-order valence-corrected chi connectivity index (χ2v) is 3.86. The van der Waals surface area contributed by atoms with Crippen LogP contribution in [0.2, 0.25) is 0 Å². The molecule has 0 aliphatic heterocycles. The zero-order chi connectivity index (χ0) is 13.9. The van der Waals surface area contributed by atoms with Gasteiger partial charge >= 0.3 is 6.18 Å². The first-order chi connectivity index (χ1) is 8.96. The normalized spacial score (nSPS) is 11.5. The van der Waals surface area contributed by atoms with Crippen LogP contribution in [0.15, 0.2) is 30.7 Å². The van der Waals surface area contributed by atoms with E-state index in [1.165, 1.54) is 24.5 Å². The average molecular weight is 272 g/mol. The third kappa shape index (κ3) is 3.60. The van der Waals surface area contributed by atoms with Crippen molar-refractivity contribution < 1.29 is 18.0 Å². The van der Waals surface area contributed by atoms with Gasteiger partial charge in [0.1, 0.15) is 18.1 Å². The zero-order valence-electron chi connectivity index (χ0n) is 9.74. The number of H-pyrrole nitrogens is 1. The summed E-state index contributed by atoms with van der Waals surface area (Å²) in [7, 11) is 0. The topological polar surface area (TPSA) is 62.7 Å². The van der Waals surface area contributed by atoms with Gasteiger partial charge in [0.05, 0.1) is 6.54 Å². The molecule has 0 unspecified atom stereocenters. The van der Waals surface area contributed by atoms with Gasteiger partial charge < -0.3 is 14.9 Å². The maximum atomic E-state index is 12.3. The Hall–Kier alpha value is -2.25. The van der Waals surface area contributed by atoms with Crippen molar-refractivity contribution in [1.82, 2.24) is 19.9 Å². The molecule has 0 radical (unpaired) electrons. The molecule has 0 aliphatic carbocycles. The predicted octanol–water partition coefficient (Wildman–Crippen LogP) is 1.70. The number of nitrogens with one attached hydrogen (secondary N) is 2. The number of halogens is 3. The molecule has 2 aromatic rings. The summed E-state index contributed by atoms with van der Waals surface area (Å²) in [6.45, 7) is -1.06. The van der Waals surface area contributed by atoms with Gasteiger partial charge in [0.15, 0.2) is 0 Å². The number of alkyl halides is 3. The molecule has 19 heavy (non-hydrogen) atoms. The van der Waals surface area contributed by atoms with Gasteiger partial charge in [-0.3, -0.25) is 4.79 Å². The summed E-state index contributed by atoms with van der Waals surface area (Å²) >= 11 is 0. The minimum Gasteiger partial charge on any atom is -0.347 e. The largest absolute Gasteiger partial charge is 0.406 e. The fraction of sp³-hybridized carbons (Fsp3) is 0.273. The number of aromatic nitrogens is 3. The Balaban J connectivity index is 2.01. The summed E-state index contributed by atoms with van der Waals surface area (Å²) < 4.78 is 37.8. The van der Waals surface area contributed by atoms with Gasteiger partial charge in [0, 0.05) is 18.6 Å². The van der Waals surface area contributed by atoms with E-state index in [-0.39, 0.29) is 12.2 Å². The van der Waals surface area contributed by atoms with Crippen LogP contribution in [0.25, 0.3) is 0 Å². The van der Waals surface area contributed by atoms with Gasteiger partial charge in [0.2, 0.25) is 0 Å². The SMILES string of the molecule is O=C(NCc1ncc[nH]1)c1cccn1CC(F)(F)F. The standard InChI is InChI=1S/C11H11F3N4O/c12-11(13,14)7-18-5-1-2-8(18)10(19)17-6-9-15-3-4-16-9/h1-5H,6-7H2,(H,15,16)(H,17,19). The Morgan fingerprint density at radius 2 is 2.26 bits per heavy atom. The highest BCUT2D eigenvalue weighted by Crippen LogP contribution is 2.19. The van der Waals surface area contributed by atoms with E-state index in [1.54, 1.807) is 6.20 Å². The van der Waals surface area contributed by atoms with Crippen molar-refractivity contribution in [3.05, 3.63) is 42.2 Å². The lowest BCUT2D eigenvalue weighted by atomic mass is 10.4. The predicted molar refractivity (Wildman–Crippen MR) is 60.2 cm³/mol. The van der Waals surface area contributed by atoms with Crippen molar-refractivity contribution in [3.63, 3.8) is 0 Å². The van der Waals surface area contributed by atoms with Gasteiger partial charge in [0.25, 0.3) is 5.91 Å². The van der Waals surface area contributed by atoms with Crippen LogP contribution in [0.3, 0.4) is 0 Å². The van der Waals surface area contributed by atoms with Gasteiger partial charge in [-0.1, -0.05) is 0 Å². The highest BCUT2D eigenvalue weighted by atomic mass is 19.4. The molecule has 0 atom stereocenters. The molecule has 0 aromatic carbocycles. The highest BCUT2D eigenvalue weighted by Gasteiger charge is 2.29. The van der Waals surface area contributed by atoms with E-state index in [1.807, 2.05) is 0 Å². The van der Waals surface area contributed by atoms with Crippen LogP contribution in [0, 0.1) is 0 Å². The zero-order valence-corrected chi connectivity index (χ0v) is 9.74. The van der Waals surface area contributed by atoms with Crippen LogP contribution >= 0.6 is 0 Å². The minimum absolute atomic E-state index is 0.0381. The van der Waals surface area contributed by atoms with E-state index in [2.05, 4.69) is 15.3 Å². The molecule has 2 rings (SSSR count). The molecule has 8 heteroatoms. The third-order valence-electron chi connectivity index (χ3n) is 2.38. The minimum atomic E-state index is -4.37. The first-order valence-electron chi connectivity index (χ1n) is 5.44. The maximum Gasteiger partial charge on any atom is 0.406 e. The van der Waals surface area contributed by atoms with E-state index < -0.39 is 18.6 Å². The van der Waals surface area contributed by atoms with Crippen molar-refractivity contribution in [2.75, 3.05) is 0 Å². The van der Waals surface area contributed by atoms with Gasteiger partial charge in [-0.15, -0.1) is 0 Å². The molecule has 2 N–H and O–H groups in total. The lowest BCUT2D eigenvalue weighted by Crippen LogP contribution is -2.28. The molecule has 0 fully saturated rings. The van der Waals surface area contributed by atoms with Gasteiger partial charge in [-0.25, -0.2) is 4.98 Å². The van der Waals surface area contributed by atoms with E-state index in [0.717, 1.165) is 4.57 Å². The number of carbonyl (C=O) groups excluding carboxylic acids is 1. The van der Waals surface area contributed by atoms with Crippen LogP contribution in [0.1, 0.15) is 16.3 Å². The van der Waals surface area contributed by atoms with Crippen LogP contribution in [0.4, 0.5) is 13.2 Å². The highest BCUT2D eigenvalue weighted by molar-refractivity contribution is 5.92. The lowest BCUT2D eigenvalue weighted by Gasteiger charge is -2.11. The summed E-state index contributed by atoms with van der Waals surface area (Å²) in [5, 5.41) is 2.49. The molecule has 2 heterocycles. The Labute approximate surface area is 106 Å². The number of aromatic amines is 1. The Morgan fingerprint density at radius 3 is 2.89 bits per heavy atom. The summed E-state index contributed by atoms with van der Waals surface area (Å²) in [6, 6.07) is 2.73. The Kier molecular flexibility index (Phi) is 3.59. The van der Waals surface area contributed by atoms with Crippen molar-refractivity contribution in [2.24, 2.45) is 0 Å². The molecule has 0 spiro atoms. The van der Waals surface area contributed by atoms with E-state index in [4.69, 9.17) is 0 Å². The van der Waals surface area contributed by atoms with Crippen molar-refractivity contribution in [2.45, 2.75) is 19.3 Å². The molecule has 0 saturated heterocycles. The molecule has 5 nitrogen and oxygen atoms in total. The molecular weight excluding hydrogens is 261 g/mol. The number of imidazole rings is 1. The van der Waals surface area contributed by atoms with E-state index in [0.29, 0.717) is 5.82 Å². The average Bonchev–Trinajstić information content (AvgIpc) is 2.94. The molecule has 102 valence electrons.